The van der Waals surface area contributed by atoms with Crippen LogP contribution in [0.15, 0.2) is 0 Å². The molecule has 1 aliphatic heterocycles. The summed E-state index contributed by atoms with van der Waals surface area (Å²) in [5, 5.41) is 3.63. The van der Waals surface area contributed by atoms with Crippen LogP contribution in [-0.2, 0) is 0 Å². The Morgan fingerprint density at radius 2 is 1.78 bits per heavy atom. The summed E-state index contributed by atoms with van der Waals surface area (Å²) >= 11 is 0. The van der Waals surface area contributed by atoms with Gasteiger partial charge in [0, 0.05) is 18.1 Å². The lowest BCUT2D eigenvalue weighted by molar-refractivity contribution is 0.0621. The second-order valence-corrected chi connectivity index (χ2v) is 6.24. The van der Waals surface area contributed by atoms with Gasteiger partial charge in [-0.1, -0.05) is 26.7 Å². The van der Waals surface area contributed by atoms with Crippen molar-refractivity contribution in [3.8, 4) is 0 Å². The Kier molecular flexibility index (Phi) is 5.97. The number of hydrogen-bond donors (Lipinski definition) is 1. The number of hydrogen-bond acceptors (Lipinski definition) is 2. The molecular formula is C16H32N2. The molecule has 2 aliphatic rings. The molecule has 2 nitrogen and oxygen atoms in total. The minimum atomic E-state index is 0.806. The Bertz CT molecular complexity index is 219. The maximum absolute atomic E-state index is 3.63. The van der Waals surface area contributed by atoms with E-state index in [2.05, 4.69) is 24.1 Å². The van der Waals surface area contributed by atoms with Gasteiger partial charge in [0.1, 0.15) is 0 Å². The number of piperidine rings is 1. The lowest BCUT2D eigenvalue weighted by Crippen LogP contribution is -2.49. The van der Waals surface area contributed by atoms with Crippen LogP contribution in [0.4, 0.5) is 0 Å². The Morgan fingerprint density at radius 1 is 1.00 bits per heavy atom. The molecule has 106 valence electrons. The van der Waals surface area contributed by atoms with Crippen LogP contribution < -0.4 is 5.32 Å². The Labute approximate surface area is 114 Å². The Hall–Kier alpha value is -0.0800. The number of rotatable bonds is 5. The van der Waals surface area contributed by atoms with Crippen LogP contribution in [-0.4, -0.2) is 36.1 Å². The zero-order valence-corrected chi connectivity index (χ0v) is 12.5. The fourth-order valence-electron chi connectivity index (χ4n) is 4.05. The molecule has 1 heterocycles. The molecule has 0 aromatic heterocycles. The topological polar surface area (TPSA) is 15.3 Å². The first-order valence-corrected chi connectivity index (χ1v) is 8.34. The smallest absolute Gasteiger partial charge is 0.00993 e. The molecule has 0 amide bonds. The highest BCUT2D eigenvalue weighted by atomic mass is 15.2. The van der Waals surface area contributed by atoms with E-state index in [1.54, 1.807) is 0 Å². The predicted molar refractivity (Wildman–Crippen MR) is 79.0 cm³/mol. The van der Waals surface area contributed by atoms with Crippen molar-refractivity contribution in [1.29, 1.82) is 0 Å². The highest BCUT2D eigenvalue weighted by Crippen LogP contribution is 2.30. The number of nitrogens with one attached hydrogen (secondary N) is 1. The summed E-state index contributed by atoms with van der Waals surface area (Å²) in [5.41, 5.74) is 0. The van der Waals surface area contributed by atoms with Crippen LogP contribution in [0.1, 0.15) is 71.6 Å². The summed E-state index contributed by atoms with van der Waals surface area (Å²) in [6.45, 7) is 7.08. The summed E-state index contributed by atoms with van der Waals surface area (Å²) in [6, 6.07) is 2.61. The van der Waals surface area contributed by atoms with Crippen LogP contribution >= 0.6 is 0 Å². The van der Waals surface area contributed by atoms with Gasteiger partial charge in [0.25, 0.3) is 0 Å². The Morgan fingerprint density at radius 3 is 2.44 bits per heavy atom. The van der Waals surface area contributed by atoms with Gasteiger partial charge in [-0.15, -0.1) is 0 Å². The molecule has 2 rings (SSSR count). The number of likely N-dealkylation sites (tertiary alicyclic amines) is 1. The quantitative estimate of drug-likeness (QED) is 0.805. The van der Waals surface area contributed by atoms with E-state index < -0.39 is 0 Å². The minimum Gasteiger partial charge on any atom is -0.314 e. The third kappa shape index (κ3) is 3.71. The van der Waals surface area contributed by atoms with E-state index in [0.717, 1.165) is 24.7 Å². The first kappa shape index (κ1) is 14.3. The molecular weight excluding hydrogens is 220 g/mol. The summed E-state index contributed by atoms with van der Waals surface area (Å²) < 4.78 is 0. The largest absolute Gasteiger partial charge is 0.314 e. The average Bonchev–Trinajstić information content (AvgIpc) is 2.41. The van der Waals surface area contributed by atoms with Crippen molar-refractivity contribution >= 4 is 0 Å². The zero-order chi connectivity index (χ0) is 12.8. The maximum atomic E-state index is 3.63. The molecule has 1 aliphatic carbocycles. The van der Waals surface area contributed by atoms with Crippen LogP contribution in [0.3, 0.4) is 0 Å². The molecule has 0 aromatic carbocycles. The molecule has 0 spiro atoms. The molecule has 18 heavy (non-hydrogen) atoms. The first-order valence-electron chi connectivity index (χ1n) is 8.34. The fraction of sp³-hybridized carbons (Fsp3) is 1.00. The molecule has 1 atom stereocenters. The van der Waals surface area contributed by atoms with Gasteiger partial charge in [-0.2, -0.15) is 0 Å². The lowest BCUT2D eigenvalue weighted by atomic mass is 9.87. The third-order valence-corrected chi connectivity index (χ3v) is 4.95. The summed E-state index contributed by atoms with van der Waals surface area (Å²) in [5.74, 6) is 0. The normalized spacial score (nSPS) is 34.7. The molecule has 1 unspecified atom stereocenters. The zero-order valence-electron chi connectivity index (χ0n) is 12.5. The van der Waals surface area contributed by atoms with Gasteiger partial charge in [0.2, 0.25) is 0 Å². The molecule has 1 N–H and O–H groups in total. The molecule has 1 saturated heterocycles. The van der Waals surface area contributed by atoms with Gasteiger partial charge in [-0.05, 0) is 58.0 Å². The minimum absolute atomic E-state index is 0.806. The van der Waals surface area contributed by atoms with Crippen molar-refractivity contribution in [1.82, 2.24) is 10.2 Å². The second kappa shape index (κ2) is 7.49. The average molecular weight is 252 g/mol. The van der Waals surface area contributed by atoms with Crippen LogP contribution in [0, 0.1) is 0 Å². The van der Waals surface area contributed by atoms with E-state index in [-0.39, 0.29) is 0 Å². The molecule has 2 fully saturated rings. The van der Waals surface area contributed by atoms with Crippen molar-refractivity contribution in [2.24, 2.45) is 0 Å². The van der Waals surface area contributed by atoms with Gasteiger partial charge >= 0.3 is 0 Å². The monoisotopic (exact) mass is 252 g/mol. The van der Waals surface area contributed by atoms with Crippen molar-refractivity contribution in [3.63, 3.8) is 0 Å². The first-order chi connectivity index (χ1) is 8.85. The van der Waals surface area contributed by atoms with Gasteiger partial charge in [0.15, 0.2) is 0 Å². The van der Waals surface area contributed by atoms with E-state index in [4.69, 9.17) is 0 Å². The van der Waals surface area contributed by atoms with Crippen molar-refractivity contribution in [3.05, 3.63) is 0 Å². The standard InChI is InChI=1S/C16H32N2/c1-3-7-15-8-5-6-13-18(15)16-11-9-14(10-12-16)17-4-2/h14-17H,3-13H2,1-2H3. The molecule has 0 aromatic rings. The van der Waals surface area contributed by atoms with Crippen molar-refractivity contribution < 1.29 is 0 Å². The molecule has 0 bridgehead atoms. The second-order valence-electron chi connectivity index (χ2n) is 6.24. The van der Waals surface area contributed by atoms with E-state index in [9.17, 15) is 0 Å². The van der Waals surface area contributed by atoms with Crippen molar-refractivity contribution in [2.45, 2.75) is 89.8 Å². The SMILES string of the molecule is CCCC1CCCCN1C1CCC(NCC)CC1. The lowest BCUT2D eigenvalue weighted by Gasteiger charge is -2.44. The van der Waals surface area contributed by atoms with Crippen LogP contribution in [0.25, 0.3) is 0 Å². The molecule has 1 saturated carbocycles. The van der Waals surface area contributed by atoms with E-state index in [1.807, 2.05) is 0 Å². The van der Waals surface area contributed by atoms with E-state index >= 15 is 0 Å². The summed E-state index contributed by atoms with van der Waals surface area (Å²) in [4.78, 5) is 2.88. The van der Waals surface area contributed by atoms with Crippen LogP contribution in [0.5, 0.6) is 0 Å². The van der Waals surface area contributed by atoms with Crippen molar-refractivity contribution in [2.75, 3.05) is 13.1 Å². The van der Waals surface area contributed by atoms with Gasteiger partial charge < -0.3 is 5.32 Å². The van der Waals surface area contributed by atoms with E-state index in [1.165, 1.54) is 64.3 Å². The van der Waals surface area contributed by atoms with Crippen LogP contribution in [0.2, 0.25) is 0 Å². The predicted octanol–water partition coefficient (Wildman–Crippen LogP) is 3.56. The van der Waals surface area contributed by atoms with Gasteiger partial charge in [-0.25, -0.2) is 0 Å². The fourth-order valence-corrected chi connectivity index (χ4v) is 4.05. The summed E-state index contributed by atoms with van der Waals surface area (Å²) in [6.07, 6.45) is 12.8. The molecule has 2 heteroatoms. The summed E-state index contributed by atoms with van der Waals surface area (Å²) in [7, 11) is 0. The van der Waals surface area contributed by atoms with E-state index in [0.29, 0.717) is 0 Å². The highest BCUT2D eigenvalue weighted by Gasteiger charge is 2.31. The number of nitrogens with zero attached hydrogens (tertiary/aromatic N) is 1. The maximum Gasteiger partial charge on any atom is 0.00993 e. The molecule has 0 radical (unpaired) electrons. The van der Waals surface area contributed by atoms with Gasteiger partial charge in [-0.3, -0.25) is 4.90 Å². The third-order valence-electron chi connectivity index (χ3n) is 4.95. The van der Waals surface area contributed by atoms with Gasteiger partial charge in [0.05, 0.1) is 0 Å². The highest BCUT2D eigenvalue weighted by molar-refractivity contribution is 4.87. The Balaban J connectivity index is 1.82.